The lowest BCUT2D eigenvalue weighted by atomic mass is 9.93. The number of urea groups is 1. The average Bonchev–Trinajstić information content (AvgIpc) is 3.13. The van der Waals surface area contributed by atoms with Crippen molar-refractivity contribution in [2.24, 2.45) is 5.92 Å². The number of likely N-dealkylation sites (tertiary alicyclic amines) is 1. The fourth-order valence-electron chi connectivity index (χ4n) is 4.14. The van der Waals surface area contributed by atoms with Gasteiger partial charge < -0.3 is 15.1 Å². The molecule has 0 spiro atoms. The lowest BCUT2D eigenvalue weighted by Gasteiger charge is -2.37. The van der Waals surface area contributed by atoms with Crippen molar-refractivity contribution in [2.45, 2.75) is 24.5 Å². The molecule has 3 fully saturated rings. The van der Waals surface area contributed by atoms with Crippen LogP contribution in [0.2, 0.25) is 0 Å². The molecule has 1 aromatic rings. The number of carbonyl (C=O) groups is 1. The van der Waals surface area contributed by atoms with Gasteiger partial charge in [-0.2, -0.15) is 0 Å². The third-order valence-corrected chi connectivity index (χ3v) is 5.42. The molecular weight excluding hydrogens is 292 g/mol. The quantitative estimate of drug-likeness (QED) is 0.729. The van der Waals surface area contributed by atoms with Crippen LogP contribution in [0.1, 0.15) is 18.0 Å². The third-order valence-electron chi connectivity index (χ3n) is 5.42. The second kappa shape index (κ2) is 6.07. The van der Waals surface area contributed by atoms with Gasteiger partial charge in [0.15, 0.2) is 0 Å². The number of amides is 2. The zero-order chi connectivity index (χ0) is 15.8. The molecule has 4 rings (SSSR count). The van der Waals surface area contributed by atoms with Gasteiger partial charge in [0.2, 0.25) is 0 Å². The van der Waals surface area contributed by atoms with Crippen LogP contribution in [-0.2, 0) is 0 Å². The van der Waals surface area contributed by atoms with E-state index >= 15 is 0 Å². The van der Waals surface area contributed by atoms with Crippen LogP contribution in [0.5, 0.6) is 0 Å². The van der Waals surface area contributed by atoms with Crippen LogP contribution in [0.4, 0.5) is 4.79 Å². The molecule has 3 saturated heterocycles. The molecule has 0 radical (unpaired) electrons. The Kier molecular flexibility index (Phi) is 3.92. The van der Waals surface area contributed by atoms with Crippen molar-refractivity contribution in [3.05, 3.63) is 30.1 Å². The number of fused-ring (bicyclic) bond motifs is 1. The van der Waals surface area contributed by atoms with E-state index in [-0.39, 0.29) is 12.1 Å². The van der Waals surface area contributed by atoms with Crippen LogP contribution in [0.3, 0.4) is 0 Å². The highest BCUT2D eigenvalue weighted by atomic mass is 16.2. The molecule has 2 unspecified atom stereocenters. The number of aromatic nitrogens is 1. The second-order valence-corrected chi connectivity index (χ2v) is 6.83. The summed E-state index contributed by atoms with van der Waals surface area (Å²) in [5, 5.41) is 3.11. The van der Waals surface area contributed by atoms with E-state index in [2.05, 4.69) is 32.1 Å². The summed E-state index contributed by atoms with van der Waals surface area (Å²) in [4.78, 5) is 20.4. The monoisotopic (exact) mass is 316 g/mol. The van der Waals surface area contributed by atoms with E-state index in [4.69, 9.17) is 0 Å². The van der Waals surface area contributed by atoms with Gasteiger partial charge in [0.25, 0.3) is 0 Å². The predicted molar refractivity (Wildman–Crippen MR) is 86.5 cm³/mol. The number of pyridine rings is 1. The van der Waals surface area contributed by atoms with Crippen molar-refractivity contribution in [3.63, 3.8) is 0 Å². The minimum atomic E-state index is 0.0688. The number of likely N-dealkylation sites (N-methyl/N-ethyl adjacent to an activating group) is 1. The first-order chi connectivity index (χ1) is 11.2. The zero-order valence-electron chi connectivity index (χ0n) is 13.4. The molecule has 23 heavy (non-hydrogen) atoms. The SMILES string of the molecule is CN1C(=O)N[C@@H]2CN(CC3CNNC3c3cccnc3)CC[C@@H]21. The lowest BCUT2D eigenvalue weighted by Crippen LogP contribution is -2.52. The molecule has 124 valence electrons. The number of carbonyl (C=O) groups excluding carboxylic acids is 1. The van der Waals surface area contributed by atoms with Crippen molar-refractivity contribution in [1.29, 1.82) is 0 Å². The van der Waals surface area contributed by atoms with Gasteiger partial charge in [-0.1, -0.05) is 6.07 Å². The van der Waals surface area contributed by atoms with Crippen LogP contribution in [-0.4, -0.2) is 66.1 Å². The number of hydrogen-bond donors (Lipinski definition) is 3. The summed E-state index contributed by atoms with van der Waals surface area (Å²) in [5.74, 6) is 0.505. The van der Waals surface area contributed by atoms with E-state index < -0.39 is 0 Å². The maximum atomic E-state index is 11.8. The summed E-state index contributed by atoms with van der Waals surface area (Å²) in [7, 11) is 1.90. The van der Waals surface area contributed by atoms with Crippen LogP contribution in [0.25, 0.3) is 0 Å². The van der Waals surface area contributed by atoms with Crippen LogP contribution >= 0.6 is 0 Å². The zero-order valence-corrected chi connectivity index (χ0v) is 13.4. The van der Waals surface area contributed by atoms with Gasteiger partial charge in [-0.15, -0.1) is 0 Å². The molecule has 3 aliphatic heterocycles. The molecule has 0 aromatic carbocycles. The summed E-state index contributed by atoms with van der Waals surface area (Å²) < 4.78 is 0. The van der Waals surface area contributed by atoms with Crippen molar-refractivity contribution < 1.29 is 4.79 Å². The fourth-order valence-corrected chi connectivity index (χ4v) is 4.14. The Morgan fingerprint density at radius 2 is 2.35 bits per heavy atom. The Balaban J connectivity index is 1.40. The summed E-state index contributed by atoms with van der Waals surface area (Å²) in [5.41, 5.74) is 7.89. The maximum absolute atomic E-state index is 11.8. The van der Waals surface area contributed by atoms with Gasteiger partial charge in [-0.3, -0.25) is 10.4 Å². The van der Waals surface area contributed by atoms with E-state index in [1.807, 2.05) is 30.4 Å². The summed E-state index contributed by atoms with van der Waals surface area (Å²) in [6.07, 6.45) is 4.80. The normalized spacial score (nSPS) is 34.5. The Morgan fingerprint density at radius 1 is 1.43 bits per heavy atom. The smallest absolute Gasteiger partial charge is 0.317 e. The second-order valence-electron chi connectivity index (χ2n) is 6.83. The molecule has 3 N–H and O–H groups in total. The molecule has 4 heterocycles. The van der Waals surface area contributed by atoms with Crippen molar-refractivity contribution in [1.82, 2.24) is 31.0 Å². The lowest BCUT2D eigenvalue weighted by molar-refractivity contribution is 0.135. The topological polar surface area (TPSA) is 72.5 Å². The third kappa shape index (κ3) is 2.80. The van der Waals surface area contributed by atoms with Gasteiger partial charge in [0, 0.05) is 51.5 Å². The molecule has 0 aliphatic carbocycles. The number of piperidine rings is 1. The number of nitrogens with one attached hydrogen (secondary N) is 3. The first-order valence-corrected chi connectivity index (χ1v) is 8.36. The largest absolute Gasteiger partial charge is 0.332 e. The summed E-state index contributed by atoms with van der Waals surface area (Å²) in [6, 6.07) is 5.10. The van der Waals surface area contributed by atoms with Crippen molar-refractivity contribution in [2.75, 3.05) is 33.2 Å². The van der Waals surface area contributed by atoms with E-state index in [9.17, 15) is 4.79 Å². The van der Waals surface area contributed by atoms with E-state index in [0.29, 0.717) is 18.0 Å². The summed E-state index contributed by atoms with van der Waals surface area (Å²) in [6.45, 7) is 3.98. The van der Waals surface area contributed by atoms with Crippen molar-refractivity contribution in [3.8, 4) is 0 Å². The van der Waals surface area contributed by atoms with Gasteiger partial charge in [0.1, 0.15) is 0 Å². The molecule has 4 atom stereocenters. The number of hydrazine groups is 1. The van der Waals surface area contributed by atoms with Crippen LogP contribution in [0, 0.1) is 5.92 Å². The molecule has 2 amide bonds. The van der Waals surface area contributed by atoms with Crippen molar-refractivity contribution >= 4 is 6.03 Å². The Bertz CT molecular complexity index is 567. The maximum Gasteiger partial charge on any atom is 0.317 e. The highest BCUT2D eigenvalue weighted by molar-refractivity contribution is 5.77. The van der Waals surface area contributed by atoms with Gasteiger partial charge >= 0.3 is 6.03 Å². The van der Waals surface area contributed by atoms with Crippen LogP contribution in [0.15, 0.2) is 24.5 Å². The van der Waals surface area contributed by atoms with E-state index in [0.717, 1.165) is 32.6 Å². The molecule has 1 aromatic heterocycles. The number of nitrogens with zero attached hydrogens (tertiary/aromatic N) is 3. The highest BCUT2D eigenvalue weighted by Crippen LogP contribution is 2.27. The molecule has 0 bridgehead atoms. The first kappa shape index (κ1) is 14.9. The molecule has 3 aliphatic rings. The van der Waals surface area contributed by atoms with Gasteiger partial charge in [-0.25, -0.2) is 10.2 Å². The predicted octanol–water partition coefficient (Wildman–Crippen LogP) is -0.0554. The molecule has 0 saturated carbocycles. The Morgan fingerprint density at radius 3 is 3.17 bits per heavy atom. The standard InChI is InChI=1S/C16H24N6O/c1-21-14-4-6-22(10-13(14)19-16(21)23)9-12-8-18-20-15(12)11-3-2-5-17-7-11/h2-3,5,7,12-15,18,20H,4,6,8-10H2,1H3,(H,19,23)/t12?,13-,14+,15?/m1/s1. The molecular formula is C16H24N6O. The van der Waals surface area contributed by atoms with Crippen LogP contribution < -0.4 is 16.2 Å². The Hall–Kier alpha value is -1.70. The van der Waals surface area contributed by atoms with E-state index in [1.54, 1.807) is 0 Å². The fraction of sp³-hybridized carbons (Fsp3) is 0.625. The van der Waals surface area contributed by atoms with Gasteiger partial charge in [-0.05, 0) is 18.1 Å². The minimum absolute atomic E-state index is 0.0688. The molecule has 7 heteroatoms. The number of rotatable bonds is 3. The van der Waals surface area contributed by atoms with Gasteiger partial charge in [0.05, 0.1) is 18.1 Å². The molecule has 7 nitrogen and oxygen atoms in total. The summed E-state index contributed by atoms with van der Waals surface area (Å²) >= 11 is 0. The first-order valence-electron chi connectivity index (χ1n) is 8.36. The number of hydrogen-bond acceptors (Lipinski definition) is 5. The highest BCUT2D eigenvalue weighted by Gasteiger charge is 2.41. The van der Waals surface area contributed by atoms with E-state index in [1.165, 1.54) is 5.56 Å². The average molecular weight is 316 g/mol. The minimum Gasteiger partial charge on any atom is -0.332 e. The Labute approximate surface area is 136 Å².